The van der Waals surface area contributed by atoms with Gasteiger partial charge in [0.15, 0.2) is 0 Å². The molecule has 0 aliphatic rings. The zero-order valence-corrected chi connectivity index (χ0v) is 15.7. The van der Waals surface area contributed by atoms with Gasteiger partial charge in [0.1, 0.15) is 5.75 Å². The molecule has 122 valence electrons. The molecule has 4 heteroatoms. The summed E-state index contributed by atoms with van der Waals surface area (Å²) in [4.78, 5) is 12.1. The Kier molecular flexibility index (Phi) is 6.89. The fourth-order valence-electron chi connectivity index (χ4n) is 2.24. The van der Waals surface area contributed by atoms with Crippen molar-refractivity contribution in [1.82, 2.24) is 5.32 Å². The van der Waals surface area contributed by atoms with E-state index < -0.39 is 0 Å². The molecule has 0 fully saturated rings. The number of hydrogen-bond acceptors (Lipinski definition) is 2. The molecular weight excluding hydrogens is 401 g/mol. The standard InChI is InChI=1S/C19H22INO2/c1-14(2)23-16-11-9-15(10-12-16)6-5-13-21-19(22)17-7-3-4-8-18(17)20/h3-4,7-12,14H,5-6,13H2,1-2H3,(H,21,22). The summed E-state index contributed by atoms with van der Waals surface area (Å²) >= 11 is 2.18. The van der Waals surface area contributed by atoms with E-state index >= 15 is 0 Å². The third-order valence-electron chi connectivity index (χ3n) is 3.34. The smallest absolute Gasteiger partial charge is 0.252 e. The molecule has 0 saturated carbocycles. The number of carbonyl (C=O) groups excluding carboxylic acids is 1. The molecular formula is C19H22INO2. The van der Waals surface area contributed by atoms with Crippen LogP contribution in [0.25, 0.3) is 0 Å². The van der Waals surface area contributed by atoms with Gasteiger partial charge in [0, 0.05) is 10.1 Å². The molecule has 1 amide bonds. The first-order valence-electron chi connectivity index (χ1n) is 7.84. The average molecular weight is 423 g/mol. The first kappa shape index (κ1) is 17.8. The summed E-state index contributed by atoms with van der Waals surface area (Å²) in [5, 5.41) is 2.98. The Morgan fingerprint density at radius 3 is 2.48 bits per heavy atom. The number of rotatable bonds is 7. The maximum atomic E-state index is 12.1. The van der Waals surface area contributed by atoms with Gasteiger partial charge in [-0.25, -0.2) is 0 Å². The first-order chi connectivity index (χ1) is 11.1. The molecule has 2 aromatic carbocycles. The van der Waals surface area contributed by atoms with E-state index in [9.17, 15) is 4.79 Å². The third kappa shape index (κ3) is 5.86. The first-order valence-corrected chi connectivity index (χ1v) is 8.92. The van der Waals surface area contributed by atoms with E-state index in [2.05, 4.69) is 40.0 Å². The minimum Gasteiger partial charge on any atom is -0.491 e. The molecule has 0 aliphatic heterocycles. The van der Waals surface area contributed by atoms with Crippen LogP contribution in [0, 0.1) is 3.57 Å². The molecule has 0 radical (unpaired) electrons. The van der Waals surface area contributed by atoms with Crippen molar-refractivity contribution in [2.75, 3.05) is 6.54 Å². The van der Waals surface area contributed by atoms with Gasteiger partial charge in [-0.3, -0.25) is 4.79 Å². The van der Waals surface area contributed by atoms with Crippen LogP contribution in [0.1, 0.15) is 36.2 Å². The highest BCUT2D eigenvalue weighted by Crippen LogP contribution is 2.15. The summed E-state index contributed by atoms with van der Waals surface area (Å²) in [6.07, 6.45) is 2.05. The largest absolute Gasteiger partial charge is 0.491 e. The fourth-order valence-corrected chi connectivity index (χ4v) is 2.87. The van der Waals surface area contributed by atoms with E-state index in [1.54, 1.807) is 0 Å². The van der Waals surface area contributed by atoms with Crippen molar-refractivity contribution < 1.29 is 9.53 Å². The Labute approximate surface area is 151 Å². The highest BCUT2D eigenvalue weighted by atomic mass is 127. The van der Waals surface area contributed by atoms with Gasteiger partial charge in [-0.1, -0.05) is 24.3 Å². The van der Waals surface area contributed by atoms with Gasteiger partial charge < -0.3 is 10.1 Å². The minimum atomic E-state index is -0.00400. The van der Waals surface area contributed by atoms with Crippen molar-refractivity contribution in [3.05, 3.63) is 63.2 Å². The van der Waals surface area contributed by atoms with Crippen LogP contribution in [0.5, 0.6) is 5.75 Å². The number of nitrogens with one attached hydrogen (secondary N) is 1. The summed E-state index contributed by atoms with van der Waals surface area (Å²) < 4.78 is 6.60. The minimum absolute atomic E-state index is 0.00400. The van der Waals surface area contributed by atoms with E-state index in [1.807, 2.05) is 50.2 Å². The fraction of sp³-hybridized carbons (Fsp3) is 0.316. The Morgan fingerprint density at radius 1 is 1.13 bits per heavy atom. The molecule has 1 N–H and O–H groups in total. The number of ether oxygens (including phenoxy) is 1. The van der Waals surface area contributed by atoms with Gasteiger partial charge in [-0.15, -0.1) is 0 Å². The summed E-state index contributed by atoms with van der Waals surface area (Å²) in [6, 6.07) is 15.8. The monoisotopic (exact) mass is 423 g/mol. The molecule has 0 aromatic heterocycles. The average Bonchev–Trinajstić information content (AvgIpc) is 2.53. The third-order valence-corrected chi connectivity index (χ3v) is 4.28. The summed E-state index contributed by atoms with van der Waals surface area (Å²) in [5.74, 6) is 0.895. The van der Waals surface area contributed by atoms with Gasteiger partial charge in [-0.2, -0.15) is 0 Å². The second-order valence-electron chi connectivity index (χ2n) is 5.65. The topological polar surface area (TPSA) is 38.3 Å². The molecule has 3 nitrogen and oxygen atoms in total. The highest BCUT2D eigenvalue weighted by molar-refractivity contribution is 14.1. The molecule has 0 saturated heterocycles. The molecule has 0 unspecified atom stereocenters. The van der Waals surface area contributed by atoms with Gasteiger partial charge in [0.25, 0.3) is 5.91 Å². The zero-order valence-electron chi connectivity index (χ0n) is 13.5. The Morgan fingerprint density at radius 2 is 1.83 bits per heavy atom. The number of halogens is 1. The second kappa shape index (κ2) is 8.91. The van der Waals surface area contributed by atoms with Crippen LogP contribution in [-0.2, 0) is 6.42 Å². The van der Waals surface area contributed by atoms with Crippen LogP contribution in [0.4, 0.5) is 0 Å². The molecule has 0 bridgehead atoms. The van der Waals surface area contributed by atoms with Crippen LogP contribution < -0.4 is 10.1 Å². The van der Waals surface area contributed by atoms with Crippen LogP contribution in [0.3, 0.4) is 0 Å². The zero-order chi connectivity index (χ0) is 16.7. The number of benzene rings is 2. The normalized spacial score (nSPS) is 10.6. The molecule has 0 heterocycles. The van der Waals surface area contributed by atoms with Crippen LogP contribution in [0.2, 0.25) is 0 Å². The van der Waals surface area contributed by atoms with Crippen molar-refractivity contribution in [3.8, 4) is 5.75 Å². The summed E-state index contributed by atoms with van der Waals surface area (Å²) in [7, 11) is 0. The highest BCUT2D eigenvalue weighted by Gasteiger charge is 2.07. The number of aryl methyl sites for hydroxylation is 1. The summed E-state index contributed by atoms with van der Waals surface area (Å²) in [6.45, 7) is 4.71. The van der Waals surface area contributed by atoms with Crippen molar-refractivity contribution in [2.24, 2.45) is 0 Å². The van der Waals surface area contributed by atoms with Crippen LogP contribution >= 0.6 is 22.6 Å². The molecule has 0 spiro atoms. The molecule has 2 aromatic rings. The maximum Gasteiger partial charge on any atom is 0.252 e. The molecule has 0 aliphatic carbocycles. The lowest BCUT2D eigenvalue weighted by Gasteiger charge is -2.10. The van der Waals surface area contributed by atoms with Crippen LogP contribution in [-0.4, -0.2) is 18.6 Å². The van der Waals surface area contributed by atoms with Crippen molar-refractivity contribution in [3.63, 3.8) is 0 Å². The molecule has 23 heavy (non-hydrogen) atoms. The predicted octanol–water partition coefficient (Wildman–Crippen LogP) is 4.44. The Balaban J connectivity index is 1.75. The van der Waals surface area contributed by atoms with Gasteiger partial charge >= 0.3 is 0 Å². The van der Waals surface area contributed by atoms with E-state index in [4.69, 9.17) is 4.74 Å². The van der Waals surface area contributed by atoms with Gasteiger partial charge in [-0.05, 0) is 79.1 Å². The Hall–Kier alpha value is -1.56. The van der Waals surface area contributed by atoms with Crippen molar-refractivity contribution in [1.29, 1.82) is 0 Å². The lowest BCUT2D eigenvalue weighted by molar-refractivity contribution is 0.0952. The molecule has 2 rings (SSSR count). The van der Waals surface area contributed by atoms with Gasteiger partial charge in [0.2, 0.25) is 0 Å². The van der Waals surface area contributed by atoms with E-state index in [-0.39, 0.29) is 12.0 Å². The lowest BCUT2D eigenvalue weighted by Crippen LogP contribution is -2.25. The van der Waals surface area contributed by atoms with E-state index in [0.717, 1.165) is 27.7 Å². The predicted molar refractivity (Wildman–Crippen MR) is 102 cm³/mol. The second-order valence-corrected chi connectivity index (χ2v) is 6.81. The Bertz CT molecular complexity index is 638. The van der Waals surface area contributed by atoms with Crippen LogP contribution in [0.15, 0.2) is 48.5 Å². The lowest BCUT2D eigenvalue weighted by atomic mass is 10.1. The number of amides is 1. The number of carbonyl (C=O) groups is 1. The number of hydrogen-bond donors (Lipinski definition) is 1. The SMILES string of the molecule is CC(C)Oc1ccc(CCCNC(=O)c2ccccc2I)cc1. The van der Waals surface area contributed by atoms with Crippen molar-refractivity contribution >= 4 is 28.5 Å². The van der Waals surface area contributed by atoms with Gasteiger partial charge in [0.05, 0.1) is 11.7 Å². The molecule has 0 atom stereocenters. The van der Waals surface area contributed by atoms with E-state index in [0.29, 0.717) is 6.54 Å². The quantitative estimate of drug-likeness (QED) is 0.528. The maximum absolute atomic E-state index is 12.1. The van der Waals surface area contributed by atoms with Crippen molar-refractivity contribution in [2.45, 2.75) is 32.8 Å². The van der Waals surface area contributed by atoms with E-state index in [1.165, 1.54) is 5.56 Å². The summed E-state index contributed by atoms with van der Waals surface area (Å²) in [5.41, 5.74) is 1.99.